The molecule has 3 aromatic rings. The topological polar surface area (TPSA) is 67.2 Å². The van der Waals surface area contributed by atoms with Gasteiger partial charge in [0.25, 0.3) is 5.91 Å². The average Bonchev–Trinajstić information content (AvgIpc) is 3.41. The zero-order valence-electron chi connectivity index (χ0n) is 16.5. The molecule has 0 unspecified atom stereocenters. The minimum Gasteiger partial charge on any atom is -0.487 e. The Bertz CT molecular complexity index is 973. The molecular weight excluding hydrogens is 368 g/mol. The average molecular weight is 392 g/mol. The SMILES string of the molecule is CN(CC(=O)N1CCCC1)C(=O)c1ccc(OCc2cn3ccccc3n2)cc1. The van der Waals surface area contributed by atoms with Gasteiger partial charge in [-0.1, -0.05) is 6.07 Å². The second-order valence-corrected chi connectivity index (χ2v) is 7.26. The van der Waals surface area contributed by atoms with Crippen LogP contribution in [0.4, 0.5) is 0 Å². The Morgan fingerprint density at radius 1 is 1.10 bits per heavy atom. The second kappa shape index (κ2) is 8.34. The van der Waals surface area contributed by atoms with Gasteiger partial charge in [0.2, 0.25) is 5.91 Å². The van der Waals surface area contributed by atoms with Crippen molar-refractivity contribution in [2.75, 3.05) is 26.7 Å². The van der Waals surface area contributed by atoms with Gasteiger partial charge < -0.3 is 18.9 Å². The number of hydrogen-bond acceptors (Lipinski definition) is 4. The van der Waals surface area contributed by atoms with Crippen molar-refractivity contribution in [1.82, 2.24) is 19.2 Å². The minimum atomic E-state index is -0.176. The standard InChI is InChI=1S/C22H24N4O3/c1-24(15-21(27)25-11-4-5-12-25)22(28)17-7-9-19(10-8-17)29-16-18-14-26-13-3-2-6-20(26)23-18/h2-3,6-10,13-14H,4-5,11-12,15-16H2,1H3. The van der Waals surface area contributed by atoms with Gasteiger partial charge >= 0.3 is 0 Å². The van der Waals surface area contributed by atoms with Crippen LogP contribution in [0.15, 0.2) is 54.9 Å². The summed E-state index contributed by atoms with van der Waals surface area (Å²) in [4.78, 5) is 32.6. The van der Waals surface area contributed by atoms with Gasteiger partial charge in [0.1, 0.15) is 18.0 Å². The highest BCUT2D eigenvalue weighted by Gasteiger charge is 2.21. The van der Waals surface area contributed by atoms with Crippen molar-refractivity contribution in [3.05, 3.63) is 66.1 Å². The van der Waals surface area contributed by atoms with Crippen LogP contribution in [0.5, 0.6) is 5.75 Å². The summed E-state index contributed by atoms with van der Waals surface area (Å²) in [6, 6.07) is 12.8. The van der Waals surface area contributed by atoms with E-state index in [1.54, 1.807) is 31.3 Å². The number of carbonyl (C=O) groups excluding carboxylic acids is 2. The van der Waals surface area contributed by atoms with E-state index >= 15 is 0 Å². The highest BCUT2D eigenvalue weighted by molar-refractivity contribution is 5.96. The number of amides is 2. The summed E-state index contributed by atoms with van der Waals surface area (Å²) >= 11 is 0. The van der Waals surface area contributed by atoms with Crippen molar-refractivity contribution in [2.45, 2.75) is 19.4 Å². The number of pyridine rings is 1. The van der Waals surface area contributed by atoms with Crippen LogP contribution in [0.2, 0.25) is 0 Å². The molecule has 7 nitrogen and oxygen atoms in total. The van der Waals surface area contributed by atoms with Crippen LogP contribution in [0, 0.1) is 0 Å². The number of likely N-dealkylation sites (tertiary alicyclic amines) is 1. The maximum atomic E-state index is 12.6. The molecular formula is C22H24N4O3. The molecule has 1 aliphatic heterocycles. The lowest BCUT2D eigenvalue weighted by Gasteiger charge is -2.21. The first-order valence-corrected chi connectivity index (χ1v) is 9.79. The maximum Gasteiger partial charge on any atom is 0.254 e. The summed E-state index contributed by atoms with van der Waals surface area (Å²) in [5.74, 6) is 0.490. The Labute approximate surface area is 169 Å². The Hall–Kier alpha value is -3.35. The molecule has 1 aromatic carbocycles. The molecule has 2 aromatic heterocycles. The lowest BCUT2D eigenvalue weighted by atomic mass is 10.2. The van der Waals surface area contributed by atoms with Crippen LogP contribution >= 0.6 is 0 Å². The lowest BCUT2D eigenvalue weighted by Crippen LogP contribution is -2.39. The van der Waals surface area contributed by atoms with Gasteiger partial charge in [-0.15, -0.1) is 0 Å². The highest BCUT2D eigenvalue weighted by atomic mass is 16.5. The number of nitrogens with zero attached hydrogens (tertiary/aromatic N) is 4. The number of benzene rings is 1. The zero-order chi connectivity index (χ0) is 20.2. The Kier molecular flexibility index (Phi) is 5.46. The Morgan fingerprint density at radius 3 is 2.59 bits per heavy atom. The third kappa shape index (κ3) is 4.39. The van der Waals surface area contributed by atoms with Crippen LogP contribution in [0.1, 0.15) is 28.9 Å². The van der Waals surface area contributed by atoms with Gasteiger partial charge in [-0.05, 0) is 49.2 Å². The third-order valence-electron chi connectivity index (χ3n) is 5.08. The summed E-state index contributed by atoms with van der Waals surface area (Å²) < 4.78 is 7.73. The summed E-state index contributed by atoms with van der Waals surface area (Å²) in [5.41, 5.74) is 2.23. The fourth-order valence-corrected chi connectivity index (χ4v) is 3.47. The molecule has 0 spiro atoms. The van der Waals surface area contributed by atoms with Crippen molar-refractivity contribution in [3.8, 4) is 5.75 Å². The van der Waals surface area contributed by atoms with Gasteiger partial charge in [-0.2, -0.15) is 0 Å². The quantitative estimate of drug-likeness (QED) is 0.647. The normalized spacial score (nSPS) is 13.6. The van der Waals surface area contributed by atoms with E-state index in [1.807, 2.05) is 39.9 Å². The van der Waals surface area contributed by atoms with E-state index < -0.39 is 0 Å². The maximum absolute atomic E-state index is 12.6. The predicted octanol–water partition coefficient (Wildman–Crippen LogP) is 2.61. The minimum absolute atomic E-state index is 0.00533. The predicted molar refractivity (Wildman–Crippen MR) is 109 cm³/mol. The molecule has 0 radical (unpaired) electrons. The molecule has 4 rings (SSSR count). The smallest absolute Gasteiger partial charge is 0.254 e. The molecule has 150 valence electrons. The number of ether oxygens (including phenoxy) is 1. The van der Waals surface area contributed by atoms with E-state index in [0.29, 0.717) is 17.9 Å². The van der Waals surface area contributed by atoms with Crippen LogP contribution in [-0.4, -0.2) is 57.7 Å². The lowest BCUT2D eigenvalue weighted by molar-refractivity contribution is -0.130. The van der Waals surface area contributed by atoms with Gasteiger partial charge in [0.05, 0.1) is 12.2 Å². The van der Waals surface area contributed by atoms with E-state index in [1.165, 1.54) is 4.90 Å². The number of imidazole rings is 1. The third-order valence-corrected chi connectivity index (χ3v) is 5.08. The molecule has 3 heterocycles. The van der Waals surface area contributed by atoms with E-state index in [2.05, 4.69) is 4.98 Å². The first-order chi connectivity index (χ1) is 14.1. The molecule has 0 saturated carbocycles. The number of fused-ring (bicyclic) bond motifs is 1. The van der Waals surface area contributed by atoms with Gasteiger partial charge in [0.15, 0.2) is 0 Å². The summed E-state index contributed by atoms with van der Waals surface area (Å²) in [7, 11) is 1.66. The number of aromatic nitrogens is 2. The zero-order valence-corrected chi connectivity index (χ0v) is 16.5. The van der Waals surface area contributed by atoms with E-state index in [4.69, 9.17) is 4.74 Å². The first kappa shape index (κ1) is 19.0. The number of likely N-dealkylation sites (N-methyl/N-ethyl adjacent to an activating group) is 1. The fourth-order valence-electron chi connectivity index (χ4n) is 3.47. The van der Waals surface area contributed by atoms with Crippen LogP contribution in [-0.2, 0) is 11.4 Å². The number of hydrogen-bond donors (Lipinski definition) is 0. The van der Waals surface area contributed by atoms with Crippen LogP contribution in [0.3, 0.4) is 0 Å². The van der Waals surface area contributed by atoms with Gasteiger partial charge in [-0.3, -0.25) is 9.59 Å². The van der Waals surface area contributed by atoms with Crippen LogP contribution < -0.4 is 4.74 Å². The molecule has 1 fully saturated rings. The summed E-state index contributed by atoms with van der Waals surface area (Å²) in [5, 5.41) is 0. The van der Waals surface area contributed by atoms with E-state index in [9.17, 15) is 9.59 Å². The Balaban J connectivity index is 1.32. The number of rotatable bonds is 6. The van der Waals surface area contributed by atoms with Crippen molar-refractivity contribution < 1.29 is 14.3 Å². The van der Waals surface area contributed by atoms with Crippen molar-refractivity contribution in [3.63, 3.8) is 0 Å². The Morgan fingerprint density at radius 2 is 1.86 bits per heavy atom. The highest BCUT2D eigenvalue weighted by Crippen LogP contribution is 2.16. The molecule has 2 amide bonds. The molecule has 29 heavy (non-hydrogen) atoms. The molecule has 1 saturated heterocycles. The molecule has 0 aliphatic carbocycles. The summed E-state index contributed by atoms with van der Waals surface area (Å²) in [6.07, 6.45) is 5.95. The summed E-state index contributed by atoms with van der Waals surface area (Å²) in [6.45, 7) is 2.03. The van der Waals surface area contributed by atoms with E-state index in [0.717, 1.165) is 37.3 Å². The molecule has 0 atom stereocenters. The molecule has 1 aliphatic rings. The van der Waals surface area contributed by atoms with Crippen LogP contribution in [0.25, 0.3) is 5.65 Å². The van der Waals surface area contributed by atoms with Crippen molar-refractivity contribution in [2.24, 2.45) is 0 Å². The molecule has 0 N–H and O–H groups in total. The largest absolute Gasteiger partial charge is 0.487 e. The van der Waals surface area contributed by atoms with Gasteiger partial charge in [-0.25, -0.2) is 4.98 Å². The van der Waals surface area contributed by atoms with E-state index in [-0.39, 0.29) is 18.4 Å². The first-order valence-electron chi connectivity index (χ1n) is 9.79. The monoisotopic (exact) mass is 392 g/mol. The van der Waals surface area contributed by atoms with Gasteiger partial charge in [0, 0.05) is 38.1 Å². The van der Waals surface area contributed by atoms with Crippen molar-refractivity contribution >= 4 is 17.5 Å². The number of carbonyl (C=O) groups is 2. The molecule has 0 bridgehead atoms. The fraction of sp³-hybridized carbons (Fsp3) is 0.318. The second-order valence-electron chi connectivity index (χ2n) is 7.26. The molecule has 7 heteroatoms. The van der Waals surface area contributed by atoms with Crippen molar-refractivity contribution in [1.29, 1.82) is 0 Å².